The van der Waals surface area contributed by atoms with Crippen molar-refractivity contribution in [3.63, 3.8) is 0 Å². The number of sulfonamides is 1. The number of carbonyl (C=O) groups excluding carboxylic acids is 1. The summed E-state index contributed by atoms with van der Waals surface area (Å²) >= 11 is 0. The van der Waals surface area contributed by atoms with E-state index < -0.39 is 14.8 Å². The smallest absolute Gasteiger partial charge is 0.224 e. The van der Waals surface area contributed by atoms with Crippen LogP contribution >= 0.6 is 0 Å². The first-order valence-corrected chi connectivity index (χ1v) is 10.3. The Morgan fingerprint density at radius 3 is 2.54 bits per heavy atom. The van der Waals surface area contributed by atoms with Crippen molar-refractivity contribution >= 4 is 21.6 Å². The Morgan fingerprint density at radius 1 is 1.15 bits per heavy atom. The molecule has 2 rings (SSSR count). The van der Waals surface area contributed by atoms with Gasteiger partial charge >= 0.3 is 0 Å². The average molecular weight is 384 g/mol. The molecule has 7 nitrogen and oxygen atoms in total. The van der Waals surface area contributed by atoms with Crippen LogP contribution in [0.5, 0.6) is 11.5 Å². The fourth-order valence-corrected chi connectivity index (χ4v) is 3.28. The molecule has 2 N–H and O–H groups in total. The SMILES string of the molecule is Cc1c(NC(=O)CCCCNS(=O)(=O)C(C)(C)C)ccc2c1OCCO2. The first kappa shape index (κ1) is 20.5. The van der Waals surface area contributed by atoms with E-state index in [1.807, 2.05) is 6.92 Å². The Morgan fingerprint density at radius 2 is 1.85 bits per heavy atom. The van der Waals surface area contributed by atoms with Crippen LogP contribution in [0.1, 0.15) is 45.6 Å². The number of fused-ring (bicyclic) bond motifs is 1. The zero-order chi connectivity index (χ0) is 19.4. The monoisotopic (exact) mass is 384 g/mol. The molecular formula is C18H28N2O5S. The predicted octanol–water partition coefficient (Wildman–Crippen LogP) is 2.59. The standard InChI is InChI=1S/C18H28N2O5S/c1-13-14(8-9-15-17(13)25-12-11-24-15)20-16(21)7-5-6-10-19-26(22,23)18(2,3)4/h8-9,19H,5-7,10-12H2,1-4H3,(H,20,21). The minimum atomic E-state index is -3.34. The number of anilines is 1. The van der Waals surface area contributed by atoms with Crippen molar-refractivity contribution in [2.24, 2.45) is 0 Å². The summed E-state index contributed by atoms with van der Waals surface area (Å²) in [6.45, 7) is 8.18. The lowest BCUT2D eigenvalue weighted by Gasteiger charge is -2.21. The molecule has 1 aromatic rings. The van der Waals surface area contributed by atoms with Gasteiger partial charge in [-0.3, -0.25) is 4.79 Å². The molecule has 0 saturated carbocycles. The molecule has 1 aliphatic heterocycles. The highest BCUT2D eigenvalue weighted by molar-refractivity contribution is 7.90. The highest BCUT2D eigenvalue weighted by Crippen LogP contribution is 2.37. The number of amides is 1. The minimum absolute atomic E-state index is 0.108. The molecule has 146 valence electrons. The first-order valence-electron chi connectivity index (χ1n) is 8.80. The van der Waals surface area contributed by atoms with Crippen LogP contribution in [0.15, 0.2) is 12.1 Å². The molecule has 0 bridgehead atoms. The molecule has 0 saturated heterocycles. The summed E-state index contributed by atoms with van der Waals surface area (Å²) in [7, 11) is -3.34. The number of rotatable bonds is 7. The molecule has 0 spiro atoms. The van der Waals surface area contributed by atoms with Gasteiger partial charge in [0, 0.05) is 24.2 Å². The van der Waals surface area contributed by atoms with Crippen LogP contribution in [-0.2, 0) is 14.8 Å². The lowest BCUT2D eigenvalue weighted by Crippen LogP contribution is -2.39. The van der Waals surface area contributed by atoms with Crippen LogP contribution < -0.4 is 19.5 Å². The molecule has 0 aliphatic carbocycles. The Balaban J connectivity index is 1.78. The number of carbonyl (C=O) groups is 1. The highest BCUT2D eigenvalue weighted by atomic mass is 32.2. The number of nitrogens with one attached hydrogen (secondary N) is 2. The Hall–Kier alpha value is -1.80. The molecule has 0 unspecified atom stereocenters. The summed E-state index contributed by atoms with van der Waals surface area (Å²) in [6, 6.07) is 3.59. The van der Waals surface area contributed by atoms with Gasteiger partial charge in [-0.15, -0.1) is 0 Å². The van der Waals surface area contributed by atoms with E-state index in [0.29, 0.717) is 56.2 Å². The summed E-state index contributed by atoms with van der Waals surface area (Å²) in [5.41, 5.74) is 1.54. The van der Waals surface area contributed by atoms with E-state index in [2.05, 4.69) is 10.0 Å². The molecule has 26 heavy (non-hydrogen) atoms. The van der Waals surface area contributed by atoms with Gasteiger partial charge in [-0.1, -0.05) is 0 Å². The third kappa shape index (κ3) is 5.11. The Kier molecular flexibility index (Phi) is 6.52. The van der Waals surface area contributed by atoms with Gasteiger partial charge in [0.1, 0.15) is 13.2 Å². The van der Waals surface area contributed by atoms with E-state index >= 15 is 0 Å². The molecule has 0 radical (unpaired) electrons. The Labute approximate surface area is 155 Å². The fourth-order valence-electron chi connectivity index (χ4n) is 2.44. The zero-order valence-electron chi connectivity index (χ0n) is 15.8. The molecule has 0 atom stereocenters. The van der Waals surface area contributed by atoms with Crippen molar-refractivity contribution in [1.29, 1.82) is 0 Å². The van der Waals surface area contributed by atoms with E-state index in [9.17, 15) is 13.2 Å². The van der Waals surface area contributed by atoms with Crippen LogP contribution in [0.3, 0.4) is 0 Å². The van der Waals surface area contributed by atoms with Crippen molar-refractivity contribution in [2.45, 2.75) is 51.7 Å². The van der Waals surface area contributed by atoms with E-state index in [4.69, 9.17) is 9.47 Å². The van der Waals surface area contributed by atoms with Gasteiger partial charge in [0.2, 0.25) is 15.9 Å². The second-order valence-corrected chi connectivity index (χ2v) is 9.80. The van der Waals surface area contributed by atoms with E-state index in [1.54, 1.807) is 32.9 Å². The predicted molar refractivity (Wildman–Crippen MR) is 101 cm³/mol. The maximum Gasteiger partial charge on any atom is 0.224 e. The molecule has 1 amide bonds. The van der Waals surface area contributed by atoms with Crippen molar-refractivity contribution in [3.8, 4) is 11.5 Å². The quantitative estimate of drug-likeness (QED) is 0.705. The average Bonchev–Trinajstić information content (AvgIpc) is 2.56. The topological polar surface area (TPSA) is 93.7 Å². The minimum Gasteiger partial charge on any atom is -0.486 e. The number of hydrogen-bond donors (Lipinski definition) is 2. The van der Waals surface area contributed by atoms with Gasteiger partial charge < -0.3 is 14.8 Å². The van der Waals surface area contributed by atoms with Gasteiger partial charge in [0.15, 0.2) is 11.5 Å². The molecule has 1 aliphatic rings. The van der Waals surface area contributed by atoms with Crippen LogP contribution in [0, 0.1) is 6.92 Å². The summed E-state index contributed by atoms with van der Waals surface area (Å²) < 4.78 is 36.7. The Bertz CT molecular complexity index is 754. The van der Waals surface area contributed by atoms with Crippen LogP contribution in [-0.4, -0.2) is 38.8 Å². The van der Waals surface area contributed by atoms with Gasteiger partial charge in [0.05, 0.1) is 4.75 Å². The molecule has 0 aromatic heterocycles. The molecular weight excluding hydrogens is 356 g/mol. The van der Waals surface area contributed by atoms with Crippen molar-refractivity contribution < 1.29 is 22.7 Å². The number of unbranched alkanes of at least 4 members (excludes halogenated alkanes) is 1. The van der Waals surface area contributed by atoms with Crippen molar-refractivity contribution in [3.05, 3.63) is 17.7 Å². The third-order valence-corrected chi connectivity index (χ3v) is 6.36. The lowest BCUT2D eigenvalue weighted by atomic mass is 10.1. The fraction of sp³-hybridized carbons (Fsp3) is 0.611. The van der Waals surface area contributed by atoms with Crippen molar-refractivity contribution in [2.75, 3.05) is 25.1 Å². The summed E-state index contributed by atoms with van der Waals surface area (Å²) in [5.74, 6) is 1.26. The molecule has 8 heteroatoms. The van der Waals surface area contributed by atoms with Gasteiger partial charge in [-0.2, -0.15) is 0 Å². The van der Waals surface area contributed by atoms with Gasteiger partial charge in [0.25, 0.3) is 0 Å². The second kappa shape index (κ2) is 8.26. The second-order valence-electron chi connectivity index (χ2n) is 7.28. The molecule has 1 heterocycles. The van der Waals surface area contributed by atoms with E-state index in [0.717, 1.165) is 5.56 Å². The number of hydrogen-bond acceptors (Lipinski definition) is 5. The van der Waals surface area contributed by atoms with Crippen molar-refractivity contribution in [1.82, 2.24) is 4.72 Å². The summed E-state index contributed by atoms with van der Waals surface area (Å²) in [5, 5.41) is 2.88. The lowest BCUT2D eigenvalue weighted by molar-refractivity contribution is -0.116. The maximum atomic E-state index is 12.1. The summed E-state index contributed by atoms with van der Waals surface area (Å²) in [4.78, 5) is 12.1. The van der Waals surface area contributed by atoms with Crippen LogP contribution in [0.25, 0.3) is 0 Å². The zero-order valence-corrected chi connectivity index (χ0v) is 16.7. The number of benzene rings is 1. The van der Waals surface area contributed by atoms with E-state index in [1.165, 1.54) is 0 Å². The van der Waals surface area contributed by atoms with Gasteiger partial charge in [-0.05, 0) is 52.7 Å². The summed E-state index contributed by atoms with van der Waals surface area (Å²) in [6.07, 6.45) is 1.52. The van der Waals surface area contributed by atoms with Crippen LogP contribution in [0.2, 0.25) is 0 Å². The number of ether oxygens (including phenoxy) is 2. The first-order chi connectivity index (χ1) is 12.1. The molecule has 0 fully saturated rings. The third-order valence-electron chi connectivity index (χ3n) is 4.16. The highest BCUT2D eigenvalue weighted by Gasteiger charge is 2.28. The molecule has 1 aromatic carbocycles. The van der Waals surface area contributed by atoms with Gasteiger partial charge in [-0.25, -0.2) is 13.1 Å². The maximum absolute atomic E-state index is 12.1. The van der Waals surface area contributed by atoms with E-state index in [-0.39, 0.29) is 5.91 Å². The normalized spacial score (nSPS) is 14.2. The van der Waals surface area contributed by atoms with Crippen LogP contribution in [0.4, 0.5) is 5.69 Å². The largest absolute Gasteiger partial charge is 0.486 e.